The third-order valence-corrected chi connectivity index (χ3v) is 3.80. The van der Waals surface area contributed by atoms with Gasteiger partial charge < -0.3 is 5.11 Å². The van der Waals surface area contributed by atoms with Crippen LogP contribution in [0.3, 0.4) is 0 Å². The van der Waals surface area contributed by atoms with E-state index in [2.05, 4.69) is 22.0 Å². The van der Waals surface area contributed by atoms with Crippen molar-refractivity contribution in [3.63, 3.8) is 0 Å². The van der Waals surface area contributed by atoms with E-state index in [1.54, 1.807) is 0 Å². The predicted molar refractivity (Wildman–Crippen MR) is 75.3 cm³/mol. The average Bonchev–Trinajstić information content (AvgIpc) is 2.55. The molecule has 1 aliphatic rings. The number of benzene rings is 1. The number of rotatable bonds is 2. The summed E-state index contributed by atoms with van der Waals surface area (Å²) in [4.78, 5) is 0. The van der Waals surface area contributed by atoms with Crippen LogP contribution in [-0.4, -0.2) is 5.11 Å². The van der Waals surface area contributed by atoms with Gasteiger partial charge in [0.1, 0.15) is 6.10 Å². The predicted octanol–water partition coefficient (Wildman–Crippen LogP) is 5.03. The standard InChI is InChI=1S/C14H16BrClO/c15-12-7-11(8-13(16)9-12)14(17)10-5-3-1-2-4-6-10/h5,7-9,14,17H,1-4,6H2. The minimum absolute atomic E-state index is 0.511. The van der Waals surface area contributed by atoms with Crippen LogP contribution in [0.25, 0.3) is 0 Å². The Morgan fingerprint density at radius 3 is 2.76 bits per heavy atom. The molecule has 3 heteroatoms. The number of aliphatic hydroxyl groups excluding tert-OH is 1. The molecular formula is C14H16BrClO. The molecule has 0 spiro atoms. The van der Waals surface area contributed by atoms with Crippen LogP contribution in [0, 0.1) is 0 Å². The Kier molecular flexibility index (Phi) is 4.66. The van der Waals surface area contributed by atoms with Crippen molar-refractivity contribution in [2.24, 2.45) is 0 Å². The van der Waals surface area contributed by atoms with Crippen LogP contribution in [0.5, 0.6) is 0 Å². The molecule has 92 valence electrons. The Bertz CT molecular complexity index is 408. The van der Waals surface area contributed by atoms with Crippen LogP contribution in [-0.2, 0) is 0 Å². The summed E-state index contributed by atoms with van der Waals surface area (Å²) in [5, 5.41) is 11.0. The van der Waals surface area contributed by atoms with Gasteiger partial charge in [0.05, 0.1) is 0 Å². The molecule has 0 heterocycles. The maximum absolute atomic E-state index is 10.4. The number of allylic oxidation sites excluding steroid dienone is 1. The quantitative estimate of drug-likeness (QED) is 0.759. The van der Waals surface area contributed by atoms with Gasteiger partial charge in [-0.15, -0.1) is 0 Å². The lowest BCUT2D eigenvalue weighted by molar-refractivity contribution is 0.210. The molecule has 0 aromatic heterocycles. The molecule has 0 amide bonds. The van der Waals surface area contributed by atoms with Crippen LogP contribution in [0.15, 0.2) is 34.3 Å². The van der Waals surface area contributed by atoms with Gasteiger partial charge in [-0.2, -0.15) is 0 Å². The fourth-order valence-corrected chi connectivity index (χ4v) is 3.12. The highest BCUT2D eigenvalue weighted by molar-refractivity contribution is 9.10. The second kappa shape index (κ2) is 6.03. The summed E-state index contributed by atoms with van der Waals surface area (Å²) in [5.41, 5.74) is 2.01. The van der Waals surface area contributed by atoms with E-state index in [-0.39, 0.29) is 0 Å². The zero-order valence-corrected chi connectivity index (χ0v) is 12.0. The fraction of sp³-hybridized carbons (Fsp3) is 0.429. The van der Waals surface area contributed by atoms with E-state index in [1.807, 2.05) is 18.2 Å². The first-order valence-electron chi connectivity index (χ1n) is 6.00. The Hall–Kier alpha value is -0.310. The van der Waals surface area contributed by atoms with Crippen molar-refractivity contribution in [1.29, 1.82) is 0 Å². The van der Waals surface area contributed by atoms with Gasteiger partial charge >= 0.3 is 0 Å². The first-order valence-corrected chi connectivity index (χ1v) is 7.17. The van der Waals surface area contributed by atoms with Crippen LogP contribution in [0.2, 0.25) is 5.02 Å². The fourth-order valence-electron chi connectivity index (χ4n) is 2.24. The summed E-state index contributed by atoms with van der Waals surface area (Å²) in [6.45, 7) is 0. The highest BCUT2D eigenvalue weighted by Gasteiger charge is 2.15. The normalized spacial score (nSPS) is 18.4. The molecule has 0 fully saturated rings. The monoisotopic (exact) mass is 314 g/mol. The molecule has 1 nitrogen and oxygen atoms in total. The lowest BCUT2D eigenvalue weighted by Crippen LogP contribution is -2.01. The maximum Gasteiger partial charge on any atom is 0.100 e. The van der Waals surface area contributed by atoms with E-state index in [4.69, 9.17) is 11.6 Å². The van der Waals surface area contributed by atoms with Crippen molar-refractivity contribution in [3.05, 3.63) is 44.9 Å². The minimum Gasteiger partial charge on any atom is -0.384 e. The SMILES string of the molecule is OC(C1=CCCCCC1)c1cc(Cl)cc(Br)c1. The van der Waals surface area contributed by atoms with Gasteiger partial charge in [-0.3, -0.25) is 0 Å². The molecule has 0 bridgehead atoms. The number of hydrogen-bond donors (Lipinski definition) is 1. The smallest absolute Gasteiger partial charge is 0.100 e. The van der Waals surface area contributed by atoms with E-state index >= 15 is 0 Å². The summed E-state index contributed by atoms with van der Waals surface area (Å²) < 4.78 is 0.910. The van der Waals surface area contributed by atoms with Crippen molar-refractivity contribution in [2.45, 2.75) is 38.2 Å². The maximum atomic E-state index is 10.4. The number of hydrogen-bond acceptors (Lipinski definition) is 1. The van der Waals surface area contributed by atoms with E-state index in [1.165, 1.54) is 19.3 Å². The van der Waals surface area contributed by atoms with Gasteiger partial charge in [-0.1, -0.05) is 40.0 Å². The van der Waals surface area contributed by atoms with Gasteiger partial charge in [-0.25, -0.2) is 0 Å². The Morgan fingerprint density at radius 2 is 2.00 bits per heavy atom. The van der Waals surface area contributed by atoms with E-state index < -0.39 is 6.10 Å². The molecule has 1 aromatic rings. The lowest BCUT2D eigenvalue weighted by Gasteiger charge is -2.15. The molecule has 0 saturated carbocycles. The minimum atomic E-state index is -0.511. The first-order chi connectivity index (χ1) is 8.16. The van der Waals surface area contributed by atoms with Crippen LogP contribution < -0.4 is 0 Å². The second-order valence-corrected chi connectivity index (χ2v) is 5.84. The highest BCUT2D eigenvalue weighted by Crippen LogP contribution is 2.32. The molecule has 1 atom stereocenters. The van der Waals surface area contributed by atoms with E-state index in [0.717, 1.165) is 28.5 Å². The molecule has 2 rings (SSSR count). The van der Waals surface area contributed by atoms with Crippen molar-refractivity contribution in [2.75, 3.05) is 0 Å². The summed E-state index contributed by atoms with van der Waals surface area (Å²) in [6.07, 6.45) is 7.40. The first kappa shape index (κ1) is 13.1. The third kappa shape index (κ3) is 3.57. The zero-order chi connectivity index (χ0) is 12.3. The van der Waals surface area contributed by atoms with Crippen molar-refractivity contribution >= 4 is 27.5 Å². The van der Waals surface area contributed by atoms with Gasteiger partial charge in [0.25, 0.3) is 0 Å². The van der Waals surface area contributed by atoms with Gasteiger partial charge in [0.15, 0.2) is 0 Å². The van der Waals surface area contributed by atoms with Gasteiger partial charge in [0.2, 0.25) is 0 Å². The average molecular weight is 316 g/mol. The number of aliphatic hydroxyl groups is 1. The van der Waals surface area contributed by atoms with Crippen LogP contribution in [0.1, 0.15) is 43.8 Å². The molecule has 17 heavy (non-hydrogen) atoms. The molecule has 0 saturated heterocycles. The molecule has 1 aliphatic carbocycles. The molecule has 0 radical (unpaired) electrons. The van der Waals surface area contributed by atoms with Crippen molar-refractivity contribution < 1.29 is 5.11 Å². The second-order valence-electron chi connectivity index (χ2n) is 4.48. The van der Waals surface area contributed by atoms with E-state index in [0.29, 0.717) is 5.02 Å². The van der Waals surface area contributed by atoms with Crippen molar-refractivity contribution in [3.8, 4) is 0 Å². The lowest BCUT2D eigenvalue weighted by atomic mass is 9.98. The summed E-state index contributed by atoms with van der Waals surface area (Å²) >= 11 is 9.41. The molecular weight excluding hydrogens is 300 g/mol. The summed E-state index contributed by atoms with van der Waals surface area (Å²) in [5.74, 6) is 0. The van der Waals surface area contributed by atoms with E-state index in [9.17, 15) is 5.11 Å². The highest BCUT2D eigenvalue weighted by atomic mass is 79.9. The van der Waals surface area contributed by atoms with Crippen LogP contribution >= 0.6 is 27.5 Å². The molecule has 1 aromatic carbocycles. The molecule has 0 aliphatic heterocycles. The topological polar surface area (TPSA) is 20.2 Å². The van der Waals surface area contributed by atoms with Crippen LogP contribution in [0.4, 0.5) is 0 Å². The Labute approximate surface area is 116 Å². The van der Waals surface area contributed by atoms with Gasteiger partial charge in [-0.05, 0) is 55.0 Å². The largest absolute Gasteiger partial charge is 0.384 e. The Morgan fingerprint density at radius 1 is 1.18 bits per heavy atom. The molecule has 1 N–H and O–H groups in total. The Balaban J connectivity index is 2.23. The summed E-state index contributed by atoms with van der Waals surface area (Å²) in [7, 11) is 0. The number of halogens is 2. The van der Waals surface area contributed by atoms with Gasteiger partial charge in [0, 0.05) is 9.50 Å². The van der Waals surface area contributed by atoms with Crippen molar-refractivity contribution in [1.82, 2.24) is 0 Å². The summed E-state index contributed by atoms with van der Waals surface area (Å²) in [6, 6.07) is 5.60. The zero-order valence-electron chi connectivity index (χ0n) is 9.63. The molecule has 1 unspecified atom stereocenters. The third-order valence-electron chi connectivity index (χ3n) is 3.13.